The second kappa shape index (κ2) is 7.87. The highest BCUT2D eigenvalue weighted by atomic mass is 16.5. The van der Waals surface area contributed by atoms with E-state index in [9.17, 15) is 4.79 Å². The van der Waals surface area contributed by atoms with Crippen molar-refractivity contribution in [3.63, 3.8) is 0 Å². The number of anilines is 1. The minimum absolute atomic E-state index is 0.0956. The number of amides is 1. The molecule has 5 heteroatoms. The maximum absolute atomic E-state index is 12.0. The van der Waals surface area contributed by atoms with Crippen LogP contribution in [-0.2, 0) is 4.79 Å². The second-order valence-electron chi connectivity index (χ2n) is 6.50. The molecule has 26 heavy (non-hydrogen) atoms. The van der Waals surface area contributed by atoms with Gasteiger partial charge in [0.15, 0.2) is 6.61 Å². The van der Waals surface area contributed by atoms with Crippen molar-refractivity contribution in [1.82, 2.24) is 5.16 Å². The zero-order valence-electron chi connectivity index (χ0n) is 15.2. The molecule has 1 N–H and O–H groups in total. The molecule has 134 valence electrons. The van der Waals surface area contributed by atoms with Crippen molar-refractivity contribution >= 4 is 11.8 Å². The molecule has 0 spiro atoms. The normalized spacial score (nSPS) is 10.8. The number of benzene rings is 2. The summed E-state index contributed by atoms with van der Waals surface area (Å²) in [5, 5.41) is 6.63. The van der Waals surface area contributed by atoms with Gasteiger partial charge in [-0.25, -0.2) is 0 Å². The number of carbonyl (C=O) groups excluding carboxylic acids is 1. The lowest BCUT2D eigenvalue weighted by Gasteiger charge is -2.08. The van der Waals surface area contributed by atoms with E-state index in [-0.39, 0.29) is 12.5 Å². The summed E-state index contributed by atoms with van der Waals surface area (Å²) < 4.78 is 10.7. The first-order valence-corrected chi connectivity index (χ1v) is 8.57. The van der Waals surface area contributed by atoms with Gasteiger partial charge in [0.2, 0.25) is 5.88 Å². The van der Waals surface area contributed by atoms with Crippen LogP contribution >= 0.6 is 0 Å². The molecular weight excluding hydrogens is 328 g/mol. The number of hydrogen-bond acceptors (Lipinski definition) is 4. The largest absolute Gasteiger partial charge is 0.484 e. The maximum Gasteiger partial charge on any atom is 0.264 e. The zero-order chi connectivity index (χ0) is 18.5. The van der Waals surface area contributed by atoms with Crippen molar-refractivity contribution in [2.75, 3.05) is 11.9 Å². The Morgan fingerprint density at radius 2 is 1.81 bits per heavy atom. The Balaban J connectivity index is 1.54. The maximum atomic E-state index is 12.0. The fourth-order valence-electron chi connectivity index (χ4n) is 2.47. The quantitative estimate of drug-likeness (QED) is 0.694. The van der Waals surface area contributed by atoms with Gasteiger partial charge in [0, 0.05) is 11.6 Å². The Labute approximate surface area is 153 Å². The third kappa shape index (κ3) is 4.51. The number of nitrogens with one attached hydrogen (secondary N) is 1. The van der Waals surface area contributed by atoms with Crippen LogP contribution in [0.1, 0.15) is 30.9 Å². The third-order valence-corrected chi connectivity index (χ3v) is 4.04. The van der Waals surface area contributed by atoms with Crippen LogP contribution in [0.5, 0.6) is 5.75 Å². The predicted octanol–water partition coefficient (Wildman–Crippen LogP) is 4.79. The van der Waals surface area contributed by atoms with E-state index in [4.69, 9.17) is 9.26 Å². The van der Waals surface area contributed by atoms with Gasteiger partial charge in [0.1, 0.15) is 11.4 Å². The number of ether oxygens (including phenoxy) is 1. The monoisotopic (exact) mass is 350 g/mol. The van der Waals surface area contributed by atoms with Crippen LogP contribution in [-0.4, -0.2) is 17.7 Å². The summed E-state index contributed by atoms with van der Waals surface area (Å²) in [5.74, 6) is 1.11. The minimum Gasteiger partial charge on any atom is -0.484 e. The lowest BCUT2D eigenvalue weighted by Crippen LogP contribution is -2.19. The number of aromatic nitrogens is 1. The summed E-state index contributed by atoms with van der Waals surface area (Å²) in [6.07, 6.45) is 0. The van der Waals surface area contributed by atoms with Gasteiger partial charge in [-0.3, -0.25) is 10.1 Å². The zero-order valence-corrected chi connectivity index (χ0v) is 15.2. The van der Waals surface area contributed by atoms with E-state index in [1.54, 1.807) is 6.07 Å². The number of hydrogen-bond donors (Lipinski definition) is 1. The van der Waals surface area contributed by atoms with Gasteiger partial charge in [-0.15, -0.1) is 0 Å². The van der Waals surface area contributed by atoms with E-state index in [0.717, 1.165) is 5.56 Å². The number of nitrogens with zero attached hydrogens (tertiary/aromatic N) is 1. The summed E-state index contributed by atoms with van der Waals surface area (Å²) in [7, 11) is 0. The highest BCUT2D eigenvalue weighted by Gasteiger charge is 2.10. The fraction of sp³-hybridized carbons (Fsp3) is 0.238. The van der Waals surface area contributed by atoms with Crippen LogP contribution in [0, 0.1) is 6.92 Å². The first-order chi connectivity index (χ1) is 12.5. The lowest BCUT2D eigenvalue weighted by atomic mass is 10.0. The molecule has 0 aliphatic carbocycles. The first-order valence-electron chi connectivity index (χ1n) is 8.57. The van der Waals surface area contributed by atoms with Gasteiger partial charge < -0.3 is 9.26 Å². The van der Waals surface area contributed by atoms with Crippen molar-refractivity contribution in [2.24, 2.45) is 0 Å². The smallest absolute Gasteiger partial charge is 0.264 e. The van der Waals surface area contributed by atoms with Crippen LogP contribution in [0.4, 0.5) is 5.88 Å². The van der Waals surface area contributed by atoms with Crippen LogP contribution < -0.4 is 10.1 Å². The van der Waals surface area contributed by atoms with Crippen LogP contribution in [0.25, 0.3) is 11.3 Å². The van der Waals surface area contributed by atoms with Crippen molar-refractivity contribution in [1.29, 1.82) is 0 Å². The first kappa shape index (κ1) is 17.7. The molecule has 0 aliphatic heterocycles. The minimum atomic E-state index is -0.301. The Hall–Kier alpha value is -3.08. The third-order valence-electron chi connectivity index (χ3n) is 4.04. The summed E-state index contributed by atoms with van der Waals surface area (Å²) in [6, 6.07) is 17.4. The molecule has 0 radical (unpaired) electrons. The molecule has 0 saturated carbocycles. The average Bonchev–Trinajstić information content (AvgIpc) is 3.09. The van der Waals surface area contributed by atoms with Crippen molar-refractivity contribution in [3.05, 3.63) is 65.7 Å². The summed E-state index contributed by atoms with van der Waals surface area (Å²) in [6.45, 7) is 6.19. The number of rotatable bonds is 6. The number of carbonyl (C=O) groups is 1. The molecule has 1 heterocycles. The van der Waals surface area contributed by atoms with Gasteiger partial charge in [-0.2, -0.15) is 0 Å². The van der Waals surface area contributed by atoms with Crippen LogP contribution in [0.3, 0.4) is 0 Å². The van der Waals surface area contributed by atoms with E-state index < -0.39 is 0 Å². The van der Waals surface area contributed by atoms with Crippen LogP contribution in [0.2, 0.25) is 0 Å². The molecule has 0 saturated heterocycles. The highest BCUT2D eigenvalue weighted by molar-refractivity contribution is 5.91. The molecule has 2 aromatic carbocycles. The topological polar surface area (TPSA) is 64.4 Å². The molecule has 1 aromatic heterocycles. The molecule has 0 fully saturated rings. The Bertz CT molecular complexity index is 865. The summed E-state index contributed by atoms with van der Waals surface area (Å²) >= 11 is 0. The SMILES string of the molecule is Cc1ccc(-c2cc(NC(=O)COc3ccc(C(C)C)cc3)on2)cc1. The number of aryl methyl sites for hydroxylation is 1. The molecule has 0 unspecified atom stereocenters. The molecule has 0 atom stereocenters. The molecule has 3 aromatic rings. The Morgan fingerprint density at radius 1 is 1.12 bits per heavy atom. The van der Waals surface area contributed by atoms with Gasteiger partial charge in [0.05, 0.1) is 0 Å². The van der Waals surface area contributed by atoms with Crippen LogP contribution in [0.15, 0.2) is 59.1 Å². The van der Waals surface area contributed by atoms with Crippen molar-refractivity contribution in [2.45, 2.75) is 26.7 Å². The van der Waals surface area contributed by atoms with Gasteiger partial charge in [-0.05, 0) is 30.5 Å². The van der Waals surface area contributed by atoms with Crippen molar-refractivity contribution < 1.29 is 14.1 Å². The van der Waals surface area contributed by atoms with E-state index in [2.05, 4.69) is 24.3 Å². The van der Waals surface area contributed by atoms with E-state index in [1.807, 2.05) is 55.5 Å². The molecular formula is C21H22N2O3. The Kier molecular flexibility index (Phi) is 5.37. The molecule has 1 amide bonds. The molecule has 0 bridgehead atoms. The van der Waals surface area contributed by atoms with E-state index >= 15 is 0 Å². The van der Waals surface area contributed by atoms with Gasteiger partial charge >= 0.3 is 0 Å². The van der Waals surface area contributed by atoms with E-state index in [1.165, 1.54) is 11.1 Å². The Morgan fingerprint density at radius 3 is 2.46 bits per heavy atom. The van der Waals surface area contributed by atoms with Crippen molar-refractivity contribution in [3.8, 4) is 17.0 Å². The van der Waals surface area contributed by atoms with Gasteiger partial charge in [0.25, 0.3) is 5.91 Å². The highest BCUT2D eigenvalue weighted by Crippen LogP contribution is 2.22. The fourth-order valence-corrected chi connectivity index (χ4v) is 2.47. The predicted molar refractivity (Wildman–Crippen MR) is 101 cm³/mol. The molecule has 3 rings (SSSR count). The lowest BCUT2D eigenvalue weighted by molar-refractivity contribution is -0.118. The average molecular weight is 350 g/mol. The standard InChI is InChI=1S/C21H22N2O3/c1-14(2)16-8-10-18(11-9-16)25-13-20(24)22-21-12-19(23-26-21)17-6-4-15(3)5-7-17/h4-12,14H,13H2,1-3H3,(H,22,24). The molecule has 0 aliphatic rings. The van der Waals surface area contributed by atoms with E-state index in [0.29, 0.717) is 23.2 Å². The summed E-state index contributed by atoms with van der Waals surface area (Å²) in [5.41, 5.74) is 4.00. The second-order valence-corrected chi connectivity index (χ2v) is 6.50. The van der Waals surface area contributed by atoms with Gasteiger partial charge in [-0.1, -0.05) is 61.0 Å². The molecule has 5 nitrogen and oxygen atoms in total. The summed E-state index contributed by atoms with van der Waals surface area (Å²) in [4.78, 5) is 12.0.